The highest BCUT2D eigenvalue weighted by Crippen LogP contribution is 2.28. The molecule has 1 fully saturated rings. The van der Waals surface area contributed by atoms with Crippen molar-refractivity contribution in [2.45, 2.75) is 62.8 Å². The van der Waals surface area contributed by atoms with Gasteiger partial charge in [-0.3, -0.25) is 4.79 Å². The number of nitrogens with one attached hydrogen (secondary N) is 1. The third kappa shape index (κ3) is 7.65. The SMILES string of the molecule is COC(=O)[C@@H]1CCCN1S(=O)(=O)c1ccc(COc2cccc([C@@H](NC(=O)OC(C)(C)C)c3ccccc3)c2)cc1. The second-order valence-electron chi connectivity index (χ2n) is 10.8. The lowest BCUT2D eigenvalue weighted by Crippen LogP contribution is -2.41. The standard InChI is InChI=1S/C31H36N2O7S/c1-31(2,3)40-30(35)32-28(23-10-6-5-7-11-23)24-12-8-13-25(20-24)39-21-22-15-17-26(18-16-22)41(36,37)33-19-9-14-27(33)29(34)38-4/h5-8,10-13,15-18,20,27-28H,9,14,19,21H2,1-4H3,(H,32,35)/t27-,28-/m0/s1. The van der Waals surface area contributed by atoms with E-state index < -0.39 is 39.8 Å². The summed E-state index contributed by atoms with van der Waals surface area (Å²) in [5.41, 5.74) is 1.83. The highest BCUT2D eigenvalue weighted by atomic mass is 32.2. The third-order valence-electron chi connectivity index (χ3n) is 6.60. The van der Waals surface area contributed by atoms with Crippen LogP contribution in [0.4, 0.5) is 4.79 Å². The molecule has 2 atom stereocenters. The van der Waals surface area contributed by atoms with Crippen LogP contribution < -0.4 is 10.1 Å². The summed E-state index contributed by atoms with van der Waals surface area (Å²) in [6.45, 7) is 5.91. The lowest BCUT2D eigenvalue weighted by atomic mass is 9.98. The maximum absolute atomic E-state index is 13.2. The predicted molar refractivity (Wildman–Crippen MR) is 154 cm³/mol. The number of carbonyl (C=O) groups is 2. The molecule has 0 aromatic heterocycles. The van der Waals surface area contributed by atoms with Crippen molar-refractivity contribution >= 4 is 22.1 Å². The van der Waals surface area contributed by atoms with Crippen molar-refractivity contribution in [3.05, 3.63) is 95.6 Å². The van der Waals surface area contributed by atoms with E-state index >= 15 is 0 Å². The number of sulfonamides is 1. The Hall–Kier alpha value is -3.89. The molecule has 9 nitrogen and oxygen atoms in total. The largest absolute Gasteiger partial charge is 0.489 e. The average molecular weight is 581 g/mol. The van der Waals surface area contributed by atoms with Gasteiger partial charge in [-0.15, -0.1) is 0 Å². The highest BCUT2D eigenvalue weighted by molar-refractivity contribution is 7.89. The molecule has 1 heterocycles. The molecule has 41 heavy (non-hydrogen) atoms. The van der Waals surface area contributed by atoms with E-state index in [4.69, 9.17) is 14.2 Å². The minimum absolute atomic E-state index is 0.109. The average Bonchev–Trinajstić information content (AvgIpc) is 3.46. The Morgan fingerprint density at radius 3 is 2.32 bits per heavy atom. The molecule has 4 rings (SSSR count). The fourth-order valence-corrected chi connectivity index (χ4v) is 6.32. The van der Waals surface area contributed by atoms with Crippen molar-refractivity contribution in [3.63, 3.8) is 0 Å². The summed E-state index contributed by atoms with van der Waals surface area (Å²) in [5, 5.41) is 2.96. The van der Waals surface area contributed by atoms with E-state index in [1.54, 1.807) is 12.1 Å². The summed E-state index contributed by atoms with van der Waals surface area (Å²) in [6, 6.07) is 22.2. The number of carbonyl (C=O) groups excluding carboxylic acids is 2. The molecule has 3 aromatic carbocycles. The molecule has 1 amide bonds. The van der Waals surface area contributed by atoms with Crippen molar-refractivity contribution in [2.24, 2.45) is 0 Å². The Bertz CT molecular complexity index is 1450. The first-order valence-electron chi connectivity index (χ1n) is 13.4. The number of amides is 1. The number of methoxy groups -OCH3 is 1. The van der Waals surface area contributed by atoms with E-state index in [1.165, 1.54) is 23.5 Å². The fourth-order valence-electron chi connectivity index (χ4n) is 4.67. The van der Waals surface area contributed by atoms with Crippen LogP contribution in [0, 0.1) is 0 Å². The molecular formula is C31H36N2O7S. The van der Waals surface area contributed by atoms with Gasteiger partial charge in [0.15, 0.2) is 0 Å². The van der Waals surface area contributed by atoms with Gasteiger partial charge >= 0.3 is 12.1 Å². The Labute approximate surface area is 241 Å². The fraction of sp³-hybridized carbons (Fsp3) is 0.355. The summed E-state index contributed by atoms with van der Waals surface area (Å²) in [6.07, 6.45) is 0.511. The van der Waals surface area contributed by atoms with Gasteiger partial charge in [-0.2, -0.15) is 4.31 Å². The van der Waals surface area contributed by atoms with Gasteiger partial charge in [0, 0.05) is 6.54 Å². The number of benzene rings is 3. The van der Waals surface area contributed by atoms with Crippen molar-refractivity contribution < 1.29 is 32.2 Å². The van der Waals surface area contributed by atoms with E-state index in [0.717, 1.165) is 16.7 Å². The van der Waals surface area contributed by atoms with E-state index in [0.29, 0.717) is 18.6 Å². The van der Waals surface area contributed by atoms with Crippen LogP contribution in [0.25, 0.3) is 0 Å². The molecule has 0 spiro atoms. The molecule has 0 bridgehead atoms. The Kier molecular flexibility index (Phi) is 9.35. The molecule has 0 unspecified atom stereocenters. The van der Waals surface area contributed by atoms with Crippen molar-refractivity contribution in [1.29, 1.82) is 0 Å². The van der Waals surface area contributed by atoms with Crippen molar-refractivity contribution in [3.8, 4) is 5.75 Å². The van der Waals surface area contributed by atoms with Gasteiger partial charge in [-0.1, -0.05) is 54.6 Å². The number of hydrogen-bond donors (Lipinski definition) is 1. The van der Waals surface area contributed by atoms with Crippen LogP contribution in [-0.2, 0) is 30.9 Å². The summed E-state index contributed by atoms with van der Waals surface area (Å²) in [7, 11) is -2.58. The zero-order valence-electron chi connectivity index (χ0n) is 23.7. The van der Waals surface area contributed by atoms with Crippen LogP contribution in [-0.4, -0.2) is 50.1 Å². The third-order valence-corrected chi connectivity index (χ3v) is 8.52. The molecule has 218 valence electrons. The lowest BCUT2D eigenvalue weighted by molar-refractivity contribution is -0.144. The first kappa shape index (κ1) is 30.1. The van der Waals surface area contributed by atoms with Crippen molar-refractivity contribution in [1.82, 2.24) is 9.62 Å². The van der Waals surface area contributed by atoms with Gasteiger partial charge in [-0.05, 0) is 74.6 Å². The second kappa shape index (κ2) is 12.7. The Morgan fingerprint density at radius 2 is 1.66 bits per heavy atom. The summed E-state index contributed by atoms with van der Waals surface area (Å²) < 4.78 is 43.9. The molecule has 1 N–H and O–H groups in total. The molecule has 1 aliphatic heterocycles. The van der Waals surface area contributed by atoms with Crippen LogP contribution in [0.1, 0.15) is 56.3 Å². The second-order valence-corrected chi connectivity index (χ2v) is 12.7. The molecule has 0 saturated carbocycles. The minimum atomic E-state index is -3.84. The first-order chi connectivity index (χ1) is 19.5. The Morgan fingerprint density at radius 1 is 0.976 bits per heavy atom. The van der Waals surface area contributed by atoms with Gasteiger partial charge in [0.2, 0.25) is 10.0 Å². The number of rotatable bonds is 9. The van der Waals surface area contributed by atoms with Gasteiger partial charge in [0.05, 0.1) is 18.0 Å². The number of nitrogens with zero attached hydrogens (tertiary/aromatic N) is 1. The molecule has 10 heteroatoms. The van der Waals surface area contributed by atoms with Crippen molar-refractivity contribution in [2.75, 3.05) is 13.7 Å². The maximum atomic E-state index is 13.2. The van der Waals surface area contributed by atoms with E-state index in [1.807, 2.05) is 75.4 Å². The van der Waals surface area contributed by atoms with Gasteiger partial charge < -0.3 is 19.5 Å². The van der Waals surface area contributed by atoms with E-state index in [-0.39, 0.29) is 18.0 Å². The summed E-state index contributed by atoms with van der Waals surface area (Å²) in [4.78, 5) is 24.8. The first-order valence-corrected chi connectivity index (χ1v) is 14.9. The van der Waals surface area contributed by atoms with Crippen LogP contribution in [0.3, 0.4) is 0 Å². The highest BCUT2D eigenvalue weighted by Gasteiger charge is 2.40. The zero-order valence-corrected chi connectivity index (χ0v) is 24.5. The Balaban J connectivity index is 1.46. The number of ether oxygens (including phenoxy) is 3. The zero-order chi connectivity index (χ0) is 29.6. The molecule has 1 aliphatic rings. The van der Waals surface area contributed by atoms with Crippen LogP contribution >= 0.6 is 0 Å². The molecule has 0 aliphatic carbocycles. The number of hydrogen-bond acceptors (Lipinski definition) is 7. The van der Waals surface area contributed by atoms with E-state index in [2.05, 4.69) is 5.32 Å². The molecule has 3 aromatic rings. The number of esters is 1. The van der Waals surface area contributed by atoms with E-state index in [9.17, 15) is 18.0 Å². The smallest absolute Gasteiger partial charge is 0.408 e. The number of alkyl carbamates (subject to hydrolysis) is 1. The van der Waals surface area contributed by atoms with Gasteiger partial charge in [-0.25, -0.2) is 13.2 Å². The normalized spacial score (nSPS) is 16.5. The topological polar surface area (TPSA) is 111 Å². The molecule has 1 saturated heterocycles. The van der Waals surface area contributed by atoms with Crippen LogP contribution in [0.5, 0.6) is 5.75 Å². The summed E-state index contributed by atoms with van der Waals surface area (Å²) in [5.74, 6) is 0.0400. The summed E-state index contributed by atoms with van der Waals surface area (Å²) >= 11 is 0. The van der Waals surface area contributed by atoms with Gasteiger partial charge in [0.1, 0.15) is 24.0 Å². The molecule has 0 radical (unpaired) electrons. The van der Waals surface area contributed by atoms with Crippen LogP contribution in [0.2, 0.25) is 0 Å². The van der Waals surface area contributed by atoms with Crippen LogP contribution in [0.15, 0.2) is 83.8 Å². The minimum Gasteiger partial charge on any atom is -0.489 e. The lowest BCUT2D eigenvalue weighted by Gasteiger charge is -2.24. The maximum Gasteiger partial charge on any atom is 0.408 e. The monoisotopic (exact) mass is 580 g/mol. The molecular weight excluding hydrogens is 544 g/mol. The predicted octanol–water partition coefficient (Wildman–Crippen LogP) is 5.21. The van der Waals surface area contributed by atoms with Gasteiger partial charge in [0.25, 0.3) is 0 Å². The quantitative estimate of drug-likeness (QED) is 0.346.